The van der Waals surface area contributed by atoms with Crippen molar-refractivity contribution in [2.75, 3.05) is 11.9 Å². The number of rotatable bonds is 6. The molecule has 1 unspecified atom stereocenters. The zero-order valence-electron chi connectivity index (χ0n) is 12.1. The first kappa shape index (κ1) is 15.4. The van der Waals surface area contributed by atoms with Gasteiger partial charge in [0, 0.05) is 29.2 Å². The number of amides is 1. The SMILES string of the molecule is CC(CN)C(=O)Nc1cccc(CSC2CCCC2)c1. The number of nitrogens with two attached hydrogens (primary N) is 1. The Labute approximate surface area is 125 Å². The molecule has 1 aromatic rings. The second-order valence-electron chi connectivity index (χ2n) is 5.54. The minimum absolute atomic E-state index is 0.00639. The van der Waals surface area contributed by atoms with Crippen LogP contribution in [0.2, 0.25) is 0 Å². The molecule has 0 heterocycles. The van der Waals surface area contributed by atoms with Crippen LogP contribution in [0.1, 0.15) is 38.2 Å². The van der Waals surface area contributed by atoms with Gasteiger partial charge in [0.2, 0.25) is 5.91 Å². The minimum Gasteiger partial charge on any atom is -0.330 e. The van der Waals surface area contributed by atoms with E-state index in [1.807, 2.05) is 30.8 Å². The molecule has 1 aliphatic carbocycles. The van der Waals surface area contributed by atoms with Crippen LogP contribution in [0.5, 0.6) is 0 Å². The van der Waals surface area contributed by atoms with E-state index in [0.717, 1.165) is 16.7 Å². The first-order valence-corrected chi connectivity index (χ1v) is 8.45. The quantitative estimate of drug-likeness (QED) is 0.845. The molecule has 20 heavy (non-hydrogen) atoms. The average Bonchev–Trinajstić information content (AvgIpc) is 2.98. The van der Waals surface area contributed by atoms with Crippen LogP contribution in [0, 0.1) is 5.92 Å². The Morgan fingerprint density at radius 2 is 2.20 bits per heavy atom. The molecule has 3 nitrogen and oxygen atoms in total. The van der Waals surface area contributed by atoms with Crippen LogP contribution in [0.4, 0.5) is 5.69 Å². The number of benzene rings is 1. The van der Waals surface area contributed by atoms with Crippen molar-refractivity contribution >= 4 is 23.4 Å². The Kier molecular flexibility index (Phi) is 5.92. The number of anilines is 1. The van der Waals surface area contributed by atoms with Crippen molar-refractivity contribution in [1.29, 1.82) is 0 Å². The summed E-state index contributed by atoms with van der Waals surface area (Å²) in [5, 5.41) is 3.76. The molecule has 3 N–H and O–H groups in total. The highest BCUT2D eigenvalue weighted by Gasteiger charge is 2.15. The molecule has 1 fully saturated rings. The molecule has 4 heteroatoms. The minimum atomic E-state index is -0.147. The third kappa shape index (κ3) is 4.53. The van der Waals surface area contributed by atoms with Gasteiger partial charge in [-0.2, -0.15) is 11.8 Å². The highest BCUT2D eigenvalue weighted by molar-refractivity contribution is 7.99. The second kappa shape index (κ2) is 7.70. The molecular weight excluding hydrogens is 268 g/mol. The number of nitrogens with one attached hydrogen (secondary N) is 1. The lowest BCUT2D eigenvalue weighted by atomic mass is 10.1. The van der Waals surface area contributed by atoms with E-state index < -0.39 is 0 Å². The summed E-state index contributed by atoms with van der Waals surface area (Å²) in [7, 11) is 0. The van der Waals surface area contributed by atoms with Crippen LogP contribution in [0.15, 0.2) is 24.3 Å². The van der Waals surface area contributed by atoms with E-state index in [0.29, 0.717) is 6.54 Å². The molecule has 110 valence electrons. The summed E-state index contributed by atoms with van der Waals surface area (Å²) in [6, 6.07) is 8.14. The molecule has 1 aliphatic rings. The number of hydrogen-bond acceptors (Lipinski definition) is 3. The zero-order chi connectivity index (χ0) is 14.4. The van der Waals surface area contributed by atoms with Gasteiger partial charge < -0.3 is 11.1 Å². The molecule has 0 bridgehead atoms. The molecular formula is C16H24N2OS. The number of carbonyl (C=O) groups excluding carboxylic acids is 1. The number of hydrogen-bond donors (Lipinski definition) is 2. The summed E-state index contributed by atoms with van der Waals surface area (Å²) < 4.78 is 0. The highest BCUT2D eigenvalue weighted by Crippen LogP contribution is 2.31. The third-order valence-corrected chi connectivity index (χ3v) is 5.23. The largest absolute Gasteiger partial charge is 0.330 e. The van der Waals surface area contributed by atoms with Crippen molar-refractivity contribution in [2.45, 2.75) is 43.6 Å². The van der Waals surface area contributed by atoms with Gasteiger partial charge in [-0.05, 0) is 30.5 Å². The van der Waals surface area contributed by atoms with Crippen molar-refractivity contribution in [3.05, 3.63) is 29.8 Å². The predicted octanol–water partition coefficient (Wildman–Crippen LogP) is 3.40. The van der Waals surface area contributed by atoms with Crippen molar-refractivity contribution in [3.8, 4) is 0 Å². The normalized spacial score (nSPS) is 17.1. The van der Waals surface area contributed by atoms with Crippen LogP contribution >= 0.6 is 11.8 Å². The van der Waals surface area contributed by atoms with Crippen LogP contribution in [0.25, 0.3) is 0 Å². The molecule has 0 radical (unpaired) electrons. The summed E-state index contributed by atoms with van der Waals surface area (Å²) in [5.74, 6) is 0.875. The summed E-state index contributed by atoms with van der Waals surface area (Å²) in [5.41, 5.74) is 7.66. The fourth-order valence-electron chi connectivity index (χ4n) is 2.38. The summed E-state index contributed by atoms with van der Waals surface area (Å²) >= 11 is 2.04. The maximum absolute atomic E-state index is 11.8. The monoisotopic (exact) mass is 292 g/mol. The molecule has 1 atom stereocenters. The van der Waals surface area contributed by atoms with E-state index in [1.165, 1.54) is 31.2 Å². The summed E-state index contributed by atoms with van der Waals surface area (Å²) in [6.07, 6.45) is 5.47. The first-order chi connectivity index (χ1) is 9.69. The molecule has 2 rings (SSSR count). The molecule has 0 aliphatic heterocycles. The van der Waals surface area contributed by atoms with Gasteiger partial charge in [-0.3, -0.25) is 4.79 Å². The number of carbonyl (C=O) groups is 1. The van der Waals surface area contributed by atoms with Gasteiger partial charge in [-0.25, -0.2) is 0 Å². The Hall–Kier alpha value is -1.00. The van der Waals surface area contributed by atoms with Crippen molar-refractivity contribution in [3.63, 3.8) is 0 Å². The maximum atomic E-state index is 11.8. The van der Waals surface area contributed by atoms with Crippen LogP contribution in [0.3, 0.4) is 0 Å². The first-order valence-electron chi connectivity index (χ1n) is 7.40. The Bertz CT molecular complexity index is 444. The van der Waals surface area contributed by atoms with Crippen LogP contribution < -0.4 is 11.1 Å². The highest BCUT2D eigenvalue weighted by atomic mass is 32.2. The molecule has 0 spiro atoms. The van der Waals surface area contributed by atoms with Crippen LogP contribution in [-0.4, -0.2) is 17.7 Å². The van der Waals surface area contributed by atoms with Crippen molar-refractivity contribution in [1.82, 2.24) is 0 Å². The predicted molar refractivity (Wildman–Crippen MR) is 86.8 cm³/mol. The summed E-state index contributed by atoms with van der Waals surface area (Å²) in [4.78, 5) is 11.8. The molecule has 1 amide bonds. The van der Waals surface area contributed by atoms with Crippen LogP contribution in [-0.2, 0) is 10.5 Å². The smallest absolute Gasteiger partial charge is 0.228 e. The standard InChI is InChI=1S/C16H24N2OS/c1-12(10-17)16(19)18-14-6-4-5-13(9-14)11-20-15-7-2-3-8-15/h4-6,9,12,15H,2-3,7-8,10-11,17H2,1H3,(H,18,19). The fraction of sp³-hybridized carbons (Fsp3) is 0.562. The van der Waals surface area contributed by atoms with Gasteiger partial charge in [0.15, 0.2) is 0 Å². The van der Waals surface area contributed by atoms with Crippen molar-refractivity contribution in [2.24, 2.45) is 11.7 Å². The maximum Gasteiger partial charge on any atom is 0.228 e. The van der Waals surface area contributed by atoms with Gasteiger partial charge in [-0.15, -0.1) is 0 Å². The molecule has 1 saturated carbocycles. The van der Waals surface area contributed by atoms with Gasteiger partial charge in [-0.1, -0.05) is 31.9 Å². The Balaban J connectivity index is 1.88. The second-order valence-corrected chi connectivity index (χ2v) is 6.83. The van der Waals surface area contributed by atoms with E-state index in [9.17, 15) is 4.79 Å². The van der Waals surface area contributed by atoms with E-state index in [1.54, 1.807) is 0 Å². The topological polar surface area (TPSA) is 55.1 Å². The lowest BCUT2D eigenvalue weighted by Crippen LogP contribution is -2.26. The molecule has 0 saturated heterocycles. The van der Waals surface area contributed by atoms with Gasteiger partial charge in [0.1, 0.15) is 0 Å². The van der Waals surface area contributed by atoms with Gasteiger partial charge in [0.25, 0.3) is 0 Å². The zero-order valence-corrected chi connectivity index (χ0v) is 12.9. The van der Waals surface area contributed by atoms with E-state index >= 15 is 0 Å². The third-order valence-electron chi connectivity index (χ3n) is 3.78. The van der Waals surface area contributed by atoms with Gasteiger partial charge >= 0.3 is 0 Å². The summed E-state index contributed by atoms with van der Waals surface area (Å²) in [6.45, 7) is 2.22. The fourth-order valence-corrected chi connectivity index (χ4v) is 3.65. The van der Waals surface area contributed by atoms with E-state index in [-0.39, 0.29) is 11.8 Å². The lowest BCUT2D eigenvalue weighted by Gasteiger charge is -2.12. The molecule has 1 aromatic carbocycles. The average molecular weight is 292 g/mol. The Morgan fingerprint density at radius 3 is 2.90 bits per heavy atom. The van der Waals surface area contributed by atoms with E-state index in [4.69, 9.17) is 5.73 Å². The number of thioether (sulfide) groups is 1. The lowest BCUT2D eigenvalue weighted by molar-refractivity contribution is -0.119. The van der Waals surface area contributed by atoms with E-state index in [2.05, 4.69) is 17.4 Å². The Morgan fingerprint density at radius 1 is 1.45 bits per heavy atom. The van der Waals surface area contributed by atoms with Gasteiger partial charge in [0.05, 0.1) is 0 Å². The van der Waals surface area contributed by atoms with Crippen molar-refractivity contribution < 1.29 is 4.79 Å². The molecule has 0 aromatic heterocycles.